The summed E-state index contributed by atoms with van der Waals surface area (Å²) in [5.74, 6) is 1.04. The first-order chi connectivity index (χ1) is 5.27. The first-order valence-corrected chi connectivity index (χ1v) is 4.49. The maximum absolute atomic E-state index is 5.64. The summed E-state index contributed by atoms with van der Waals surface area (Å²) in [4.78, 5) is 3.52. The molecule has 11 heavy (non-hydrogen) atoms. The molecule has 0 atom stereocenters. The average molecular weight is 166 g/mol. The molecule has 3 heteroatoms. The van der Waals surface area contributed by atoms with Gasteiger partial charge in [-0.05, 0) is 18.2 Å². The fraction of sp³-hybridized carbons (Fsp3) is 0.250. The zero-order valence-corrected chi connectivity index (χ0v) is 7.19. The van der Waals surface area contributed by atoms with Gasteiger partial charge < -0.3 is 10.6 Å². The van der Waals surface area contributed by atoms with Gasteiger partial charge in [-0.25, -0.2) is 0 Å². The number of nitrogen functional groups attached to an aromatic ring is 1. The van der Waals surface area contributed by atoms with Crippen molar-refractivity contribution in [1.82, 2.24) is 0 Å². The number of anilines is 2. The molecule has 0 saturated heterocycles. The van der Waals surface area contributed by atoms with Crippen molar-refractivity contribution >= 4 is 23.1 Å². The molecule has 1 heterocycles. The van der Waals surface area contributed by atoms with Crippen molar-refractivity contribution in [3.63, 3.8) is 0 Å². The van der Waals surface area contributed by atoms with Crippen molar-refractivity contribution in [1.29, 1.82) is 0 Å². The van der Waals surface area contributed by atoms with Gasteiger partial charge in [-0.3, -0.25) is 0 Å². The maximum atomic E-state index is 5.64. The van der Waals surface area contributed by atoms with Crippen LogP contribution in [0.15, 0.2) is 23.1 Å². The molecule has 2 rings (SSSR count). The van der Waals surface area contributed by atoms with Crippen LogP contribution < -0.4 is 10.6 Å². The smallest absolute Gasteiger partial charge is 0.0683 e. The highest BCUT2D eigenvalue weighted by atomic mass is 32.2. The van der Waals surface area contributed by atoms with E-state index in [9.17, 15) is 0 Å². The minimum absolute atomic E-state index is 0.853. The van der Waals surface area contributed by atoms with Gasteiger partial charge in [0.1, 0.15) is 0 Å². The molecule has 1 aliphatic rings. The van der Waals surface area contributed by atoms with Gasteiger partial charge in [0, 0.05) is 17.6 Å². The van der Waals surface area contributed by atoms with Gasteiger partial charge in [-0.15, -0.1) is 11.8 Å². The Morgan fingerprint density at radius 1 is 1.55 bits per heavy atom. The maximum Gasteiger partial charge on any atom is 0.0683 e. The van der Waals surface area contributed by atoms with E-state index in [2.05, 4.69) is 18.0 Å². The van der Waals surface area contributed by atoms with Crippen LogP contribution in [0.3, 0.4) is 0 Å². The lowest BCUT2D eigenvalue weighted by molar-refractivity contribution is 1.10. The first kappa shape index (κ1) is 6.85. The molecule has 0 aliphatic carbocycles. The molecule has 0 radical (unpaired) electrons. The van der Waals surface area contributed by atoms with E-state index in [4.69, 9.17) is 5.73 Å². The summed E-state index contributed by atoms with van der Waals surface area (Å²) in [6.45, 7) is 0. The van der Waals surface area contributed by atoms with E-state index in [-0.39, 0.29) is 0 Å². The third kappa shape index (κ3) is 1.05. The van der Waals surface area contributed by atoms with E-state index >= 15 is 0 Å². The van der Waals surface area contributed by atoms with Crippen LogP contribution in [-0.4, -0.2) is 12.9 Å². The quantitative estimate of drug-likeness (QED) is 0.595. The van der Waals surface area contributed by atoms with Crippen molar-refractivity contribution in [2.45, 2.75) is 4.90 Å². The number of thioether (sulfide) groups is 1. The minimum atomic E-state index is 0.853. The monoisotopic (exact) mass is 166 g/mol. The summed E-state index contributed by atoms with van der Waals surface area (Å²) in [5, 5.41) is 0. The van der Waals surface area contributed by atoms with Gasteiger partial charge in [0.2, 0.25) is 0 Å². The van der Waals surface area contributed by atoms with Crippen molar-refractivity contribution < 1.29 is 0 Å². The number of rotatable bonds is 0. The highest BCUT2D eigenvalue weighted by Crippen LogP contribution is 2.38. The summed E-state index contributed by atoms with van der Waals surface area (Å²) in [7, 11) is 2.09. The van der Waals surface area contributed by atoms with E-state index < -0.39 is 0 Å². The Morgan fingerprint density at radius 2 is 2.36 bits per heavy atom. The molecule has 0 spiro atoms. The predicted octanol–water partition coefficient (Wildman–Crippen LogP) is 1.77. The molecule has 0 bridgehead atoms. The van der Waals surface area contributed by atoms with Crippen molar-refractivity contribution in [3.8, 4) is 0 Å². The summed E-state index contributed by atoms with van der Waals surface area (Å²) in [6.07, 6.45) is 0. The largest absolute Gasteiger partial charge is 0.399 e. The number of hydrogen-bond donors (Lipinski definition) is 1. The number of nitrogens with zero attached hydrogens (tertiary/aromatic N) is 1. The van der Waals surface area contributed by atoms with Crippen molar-refractivity contribution in [2.24, 2.45) is 0 Å². The topological polar surface area (TPSA) is 29.3 Å². The predicted molar refractivity (Wildman–Crippen MR) is 50.0 cm³/mol. The molecule has 2 N–H and O–H groups in total. The molecule has 0 fully saturated rings. The lowest BCUT2D eigenvalue weighted by atomic mass is 10.3. The van der Waals surface area contributed by atoms with E-state index in [1.54, 1.807) is 0 Å². The zero-order chi connectivity index (χ0) is 7.84. The number of nitrogens with two attached hydrogens (primary N) is 1. The van der Waals surface area contributed by atoms with Gasteiger partial charge in [0.15, 0.2) is 0 Å². The second kappa shape index (κ2) is 2.34. The highest BCUT2D eigenvalue weighted by Gasteiger charge is 2.15. The van der Waals surface area contributed by atoms with Crippen LogP contribution >= 0.6 is 11.8 Å². The second-order valence-corrected chi connectivity index (χ2v) is 3.69. The molecule has 0 aromatic heterocycles. The van der Waals surface area contributed by atoms with Crippen LogP contribution in [0, 0.1) is 0 Å². The van der Waals surface area contributed by atoms with Crippen LogP contribution in [-0.2, 0) is 0 Å². The van der Waals surface area contributed by atoms with Gasteiger partial charge in [0.05, 0.1) is 11.6 Å². The van der Waals surface area contributed by atoms with Crippen LogP contribution in [0.2, 0.25) is 0 Å². The Kier molecular flexibility index (Phi) is 1.46. The van der Waals surface area contributed by atoms with E-state index in [0.29, 0.717) is 0 Å². The number of benzene rings is 1. The van der Waals surface area contributed by atoms with Crippen LogP contribution in [0.5, 0.6) is 0 Å². The molecule has 2 nitrogen and oxygen atoms in total. The third-order valence-electron chi connectivity index (χ3n) is 1.81. The van der Waals surface area contributed by atoms with Gasteiger partial charge in [-0.1, -0.05) is 0 Å². The Morgan fingerprint density at radius 3 is 3.18 bits per heavy atom. The summed E-state index contributed by atoms with van der Waals surface area (Å²) < 4.78 is 0. The molecule has 0 saturated carbocycles. The van der Waals surface area contributed by atoms with Crippen molar-refractivity contribution in [2.75, 3.05) is 23.6 Å². The van der Waals surface area contributed by atoms with E-state index in [0.717, 1.165) is 11.6 Å². The lowest BCUT2D eigenvalue weighted by Crippen LogP contribution is -2.10. The molecule has 0 unspecified atom stereocenters. The van der Waals surface area contributed by atoms with Gasteiger partial charge in [0.25, 0.3) is 0 Å². The SMILES string of the molecule is CN1CSc2cc(N)ccc21. The summed E-state index contributed by atoms with van der Waals surface area (Å²) >= 11 is 1.84. The molecular formula is C8H10N2S. The number of hydrogen-bond acceptors (Lipinski definition) is 3. The van der Waals surface area contributed by atoms with Crippen LogP contribution in [0.4, 0.5) is 11.4 Å². The number of fused-ring (bicyclic) bond motifs is 1. The first-order valence-electron chi connectivity index (χ1n) is 3.51. The fourth-order valence-electron chi connectivity index (χ4n) is 1.20. The molecule has 1 aromatic carbocycles. The van der Waals surface area contributed by atoms with Crippen LogP contribution in [0.25, 0.3) is 0 Å². The van der Waals surface area contributed by atoms with E-state index in [1.807, 2.05) is 23.9 Å². The molecule has 58 valence electrons. The van der Waals surface area contributed by atoms with Gasteiger partial charge >= 0.3 is 0 Å². The van der Waals surface area contributed by atoms with Gasteiger partial charge in [-0.2, -0.15) is 0 Å². The van der Waals surface area contributed by atoms with Crippen molar-refractivity contribution in [3.05, 3.63) is 18.2 Å². The zero-order valence-electron chi connectivity index (χ0n) is 6.37. The molecular weight excluding hydrogens is 156 g/mol. The summed E-state index contributed by atoms with van der Waals surface area (Å²) in [6, 6.07) is 6.05. The fourth-order valence-corrected chi connectivity index (χ4v) is 2.26. The minimum Gasteiger partial charge on any atom is -0.399 e. The standard InChI is InChI=1S/C8H10N2S/c1-10-5-11-8-4-6(9)2-3-7(8)10/h2-4H,5,9H2,1H3. The normalized spacial score (nSPS) is 15.2. The molecule has 0 amide bonds. The third-order valence-corrected chi connectivity index (χ3v) is 2.96. The molecule has 1 aliphatic heterocycles. The Balaban J connectivity index is 2.50. The Labute approximate surface area is 70.4 Å². The summed E-state index contributed by atoms with van der Waals surface area (Å²) in [5.41, 5.74) is 7.79. The second-order valence-electron chi connectivity index (χ2n) is 2.70. The van der Waals surface area contributed by atoms with Crippen LogP contribution in [0.1, 0.15) is 0 Å². The molecule has 1 aromatic rings. The Bertz CT molecular complexity index is 285. The highest BCUT2D eigenvalue weighted by molar-refractivity contribution is 7.99. The lowest BCUT2D eigenvalue weighted by Gasteiger charge is -2.09. The Hall–Kier alpha value is -0.830. The average Bonchev–Trinajstić information content (AvgIpc) is 2.32. The van der Waals surface area contributed by atoms with E-state index in [1.165, 1.54) is 10.6 Å².